The maximum absolute atomic E-state index is 12.8. The van der Waals surface area contributed by atoms with Gasteiger partial charge in [-0.1, -0.05) is 0 Å². The van der Waals surface area contributed by atoms with Gasteiger partial charge in [-0.2, -0.15) is 0 Å². The lowest BCUT2D eigenvalue weighted by Gasteiger charge is -2.04. The van der Waals surface area contributed by atoms with E-state index < -0.39 is 17.5 Å². The molecule has 0 unspecified atom stereocenters. The third kappa shape index (κ3) is 2.77. The molecule has 0 aliphatic rings. The molecule has 0 saturated carbocycles. The van der Waals surface area contributed by atoms with Crippen LogP contribution in [-0.2, 0) is 4.79 Å². The van der Waals surface area contributed by atoms with Crippen LogP contribution in [-0.4, -0.2) is 13.0 Å². The van der Waals surface area contributed by atoms with Crippen LogP contribution in [0.3, 0.4) is 0 Å². The van der Waals surface area contributed by atoms with E-state index in [0.29, 0.717) is 0 Å². The lowest BCUT2D eigenvalue weighted by molar-refractivity contribution is -0.113. The minimum absolute atomic E-state index is 0.131. The number of amides is 1. The molecule has 3 nitrogen and oxygen atoms in total. The highest BCUT2D eigenvalue weighted by atomic mass is 19.2. The highest BCUT2D eigenvalue weighted by Crippen LogP contribution is 2.23. The molecule has 0 saturated heterocycles. The normalized spacial score (nSPS) is 10.6. The first-order valence-electron chi connectivity index (χ1n) is 4.05. The molecule has 0 aliphatic carbocycles. The van der Waals surface area contributed by atoms with Crippen molar-refractivity contribution in [3.8, 4) is 5.75 Å². The average Bonchev–Trinajstić information content (AvgIpc) is 2.19. The van der Waals surface area contributed by atoms with Gasteiger partial charge in [0.2, 0.25) is 5.91 Å². The van der Waals surface area contributed by atoms with Crippen molar-refractivity contribution in [2.45, 2.75) is 0 Å². The van der Waals surface area contributed by atoms with Crippen LogP contribution in [0.15, 0.2) is 18.2 Å². The monoisotopic (exact) mass is 213 g/mol. The summed E-state index contributed by atoms with van der Waals surface area (Å²) in [7, 11) is 1.31. The number of hydrogen-bond acceptors (Lipinski definition) is 2. The van der Waals surface area contributed by atoms with E-state index in [4.69, 9.17) is 10.5 Å². The van der Waals surface area contributed by atoms with E-state index in [9.17, 15) is 13.6 Å². The second-order valence-electron chi connectivity index (χ2n) is 2.74. The van der Waals surface area contributed by atoms with E-state index in [1.165, 1.54) is 13.2 Å². The van der Waals surface area contributed by atoms with Gasteiger partial charge in [0.15, 0.2) is 11.6 Å². The van der Waals surface area contributed by atoms with Crippen molar-refractivity contribution in [1.82, 2.24) is 0 Å². The summed E-state index contributed by atoms with van der Waals surface area (Å²) >= 11 is 0. The average molecular weight is 213 g/mol. The summed E-state index contributed by atoms with van der Waals surface area (Å²) < 4.78 is 30.4. The molecule has 2 N–H and O–H groups in total. The SMILES string of the molecule is COc1cc(F)c(F)cc1C=CC(N)=O. The Kier molecular flexibility index (Phi) is 3.38. The Labute approximate surface area is 85.1 Å². The first-order valence-corrected chi connectivity index (χ1v) is 4.05. The fraction of sp³-hybridized carbons (Fsp3) is 0.100. The van der Waals surface area contributed by atoms with E-state index >= 15 is 0 Å². The summed E-state index contributed by atoms with van der Waals surface area (Å²) in [6, 6.07) is 1.82. The number of halogens is 2. The smallest absolute Gasteiger partial charge is 0.241 e. The summed E-state index contributed by atoms with van der Waals surface area (Å²) in [5.74, 6) is -2.57. The minimum atomic E-state index is -1.01. The number of ether oxygens (including phenoxy) is 1. The molecule has 1 amide bonds. The Balaban J connectivity index is 3.16. The minimum Gasteiger partial charge on any atom is -0.496 e. The van der Waals surface area contributed by atoms with E-state index in [0.717, 1.165) is 18.2 Å². The standard InChI is InChI=1S/C10H9F2NO2/c1-15-9-5-8(12)7(11)4-6(9)2-3-10(13)14/h2-5H,1H3,(H2,13,14). The maximum Gasteiger partial charge on any atom is 0.241 e. The summed E-state index contributed by atoms with van der Waals surface area (Å²) in [5, 5.41) is 0. The molecule has 0 aliphatic heterocycles. The van der Waals surface area contributed by atoms with Gasteiger partial charge in [-0.25, -0.2) is 8.78 Å². The molecule has 5 heteroatoms. The van der Waals surface area contributed by atoms with Crippen LogP contribution in [0.4, 0.5) is 8.78 Å². The van der Waals surface area contributed by atoms with Gasteiger partial charge in [-0.15, -0.1) is 0 Å². The van der Waals surface area contributed by atoms with Crippen molar-refractivity contribution in [2.24, 2.45) is 5.73 Å². The highest BCUT2D eigenvalue weighted by Gasteiger charge is 2.08. The summed E-state index contributed by atoms with van der Waals surface area (Å²) in [6.07, 6.45) is 2.29. The quantitative estimate of drug-likeness (QED) is 0.773. The van der Waals surface area contributed by atoms with E-state index in [1.807, 2.05) is 0 Å². The van der Waals surface area contributed by atoms with Gasteiger partial charge < -0.3 is 10.5 Å². The third-order valence-corrected chi connectivity index (χ3v) is 1.70. The van der Waals surface area contributed by atoms with Crippen molar-refractivity contribution >= 4 is 12.0 Å². The molecule has 15 heavy (non-hydrogen) atoms. The van der Waals surface area contributed by atoms with Crippen LogP contribution in [0.1, 0.15) is 5.56 Å². The number of carbonyl (C=O) groups excluding carboxylic acids is 1. The zero-order valence-electron chi connectivity index (χ0n) is 7.96. The van der Waals surface area contributed by atoms with Crippen molar-refractivity contribution in [1.29, 1.82) is 0 Å². The molecule has 0 fully saturated rings. The second-order valence-corrected chi connectivity index (χ2v) is 2.74. The zero-order valence-corrected chi connectivity index (χ0v) is 7.96. The second kappa shape index (κ2) is 4.54. The van der Waals surface area contributed by atoms with Crippen molar-refractivity contribution in [2.75, 3.05) is 7.11 Å². The van der Waals surface area contributed by atoms with Crippen molar-refractivity contribution in [3.05, 3.63) is 35.4 Å². The molecule has 1 aromatic carbocycles. The van der Waals surface area contributed by atoms with E-state index in [2.05, 4.69) is 0 Å². The Morgan fingerprint density at radius 3 is 2.53 bits per heavy atom. The van der Waals surface area contributed by atoms with Crippen LogP contribution >= 0.6 is 0 Å². The van der Waals surface area contributed by atoms with Gasteiger partial charge in [-0.05, 0) is 12.1 Å². The van der Waals surface area contributed by atoms with Crippen LogP contribution in [0.2, 0.25) is 0 Å². The first-order chi connectivity index (χ1) is 7.04. The Morgan fingerprint density at radius 2 is 2.00 bits per heavy atom. The molecule has 80 valence electrons. The Bertz CT molecular complexity index is 416. The largest absolute Gasteiger partial charge is 0.496 e. The summed E-state index contributed by atoms with van der Waals surface area (Å²) in [4.78, 5) is 10.5. The van der Waals surface area contributed by atoms with Gasteiger partial charge in [0.25, 0.3) is 0 Å². The first kappa shape index (κ1) is 11.2. The molecule has 0 spiro atoms. The molecule has 0 aromatic heterocycles. The molecular formula is C10H9F2NO2. The summed E-state index contributed by atoms with van der Waals surface area (Å²) in [6.45, 7) is 0. The fourth-order valence-electron chi connectivity index (χ4n) is 1.02. The van der Waals surface area contributed by atoms with Gasteiger partial charge in [-0.3, -0.25) is 4.79 Å². The lowest BCUT2D eigenvalue weighted by atomic mass is 10.1. The number of carbonyl (C=O) groups is 1. The molecular weight excluding hydrogens is 204 g/mol. The van der Waals surface area contributed by atoms with Crippen LogP contribution in [0.5, 0.6) is 5.75 Å². The Hall–Kier alpha value is -1.91. The zero-order chi connectivity index (χ0) is 11.4. The molecule has 1 aromatic rings. The number of rotatable bonds is 3. The molecule has 0 atom stereocenters. The fourth-order valence-corrected chi connectivity index (χ4v) is 1.02. The highest BCUT2D eigenvalue weighted by molar-refractivity contribution is 5.90. The lowest BCUT2D eigenvalue weighted by Crippen LogP contribution is -2.05. The third-order valence-electron chi connectivity index (χ3n) is 1.70. The number of hydrogen-bond donors (Lipinski definition) is 1. The number of benzene rings is 1. The molecule has 1 rings (SSSR count). The van der Waals surface area contributed by atoms with Crippen molar-refractivity contribution in [3.63, 3.8) is 0 Å². The predicted octanol–water partition coefficient (Wildman–Crippen LogP) is 1.47. The number of primary amides is 1. The maximum atomic E-state index is 12.8. The van der Waals surface area contributed by atoms with Crippen LogP contribution in [0, 0.1) is 11.6 Å². The molecule has 0 bridgehead atoms. The predicted molar refractivity (Wildman–Crippen MR) is 51.1 cm³/mol. The molecule has 0 heterocycles. The molecule has 0 radical (unpaired) electrons. The van der Waals surface area contributed by atoms with E-state index in [-0.39, 0.29) is 11.3 Å². The van der Waals surface area contributed by atoms with Gasteiger partial charge in [0.05, 0.1) is 7.11 Å². The topological polar surface area (TPSA) is 52.3 Å². The van der Waals surface area contributed by atoms with Gasteiger partial charge >= 0.3 is 0 Å². The van der Waals surface area contributed by atoms with Crippen molar-refractivity contribution < 1.29 is 18.3 Å². The van der Waals surface area contributed by atoms with Crippen LogP contribution < -0.4 is 10.5 Å². The van der Waals surface area contributed by atoms with Crippen LogP contribution in [0.25, 0.3) is 6.08 Å². The van der Waals surface area contributed by atoms with Gasteiger partial charge in [0.1, 0.15) is 5.75 Å². The summed E-state index contributed by atoms with van der Waals surface area (Å²) in [5.41, 5.74) is 5.11. The van der Waals surface area contributed by atoms with E-state index in [1.54, 1.807) is 0 Å². The Morgan fingerprint density at radius 1 is 1.40 bits per heavy atom. The number of nitrogens with two attached hydrogens (primary N) is 1. The van der Waals surface area contributed by atoms with Gasteiger partial charge in [0, 0.05) is 17.7 Å². The number of methoxy groups -OCH3 is 1.